The van der Waals surface area contributed by atoms with Crippen LogP contribution in [0.5, 0.6) is 5.75 Å². The fourth-order valence-electron chi connectivity index (χ4n) is 3.53. The average Bonchev–Trinajstić information content (AvgIpc) is 3.27. The molecule has 2 aromatic carbocycles. The number of benzene rings is 2. The molecule has 1 amide bonds. The smallest absolute Gasteiger partial charge is 0.420 e. The van der Waals surface area contributed by atoms with Gasteiger partial charge in [-0.2, -0.15) is 0 Å². The fourth-order valence-corrected chi connectivity index (χ4v) is 3.53. The topological polar surface area (TPSA) is 64.7 Å². The number of hydrogen-bond donors (Lipinski definition) is 0. The van der Waals surface area contributed by atoms with E-state index >= 15 is 0 Å². The fraction of sp³-hybridized carbons (Fsp3) is 0.300. The van der Waals surface area contributed by atoms with Gasteiger partial charge in [0, 0.05) is 19.0 Å². The molecular formula is C20H20N2O4. The van der Waals surface area contributed by atoms with E-state index in [1.54, 1.807) is 25.3 Å². The minimum absolute atomic E-state index is 0.00514. The van der Waals surface area contributed by atoms with Gasteiger partial charge in [-0.15, -0.1) is 0 Å². The molecule has 1 aliphatic heterocycles. The normalized spacial score (nSPS) is 17.0. The van der Waals surface area contributed by atoms with Gasteiger partial charge in [-0.3, -0.25) is 9.36 Å². The summed E-state index contributed by atoms with van der Waals surface area (Å²) in [6.45, 7) is 1.36. The van der Waals surface area contributed by atoms with E-state index in [1.165, 1.54) is 10.1 Å². The van der Waals surface area contributed by atoms with Gasteiger partial charge < -0.3 is 14.1 Å². The maximum absolute atomic E-state index is 12.7. The highest BCUT2D eigenvalue weighted by molar-refractivity contribution is 5.79. The van der Waals surface area contributed by atoms with Gasteiger partial charge in [-0.25, -0.2) is 4.79 Å². The summed E-state index contributed by atoms with van der Waals surface area (Å²) in [5.41, 5.74) is 2.35. The summed E-state index contributed by atoms with van der Waals surface area (Å²) in [7, 11) is 1.65. The quantitative estimate of drug-likeness (QED) is 0.724. The minimum atomic E-state index is -0.495. The molecule has 0 aliphatic carbocycles. The number of hydrogen-bond acceptors (Lipinski definition) is 4. The summed E-state index contributed by atoms with van der Waals surface area (Å²) in [4.78, 5) is 26.6. The second-order valence-corrected chi connectivity index (χ2v) is 6.52. The van der Waals surface area contributed by atoms with Gasteiger partial charge in [0.15, 0.2) is 5.58 Å². The number of oxazole rings is 1. The number of carbonyl (C=O) groups is 1. The molecule has 0 spiro atoms. The van der Waals surface area contributed by atoms with Crippen molar-refractivity contribution in [1.82, 2.24) is 9.47 Å². The Labute approximate surface area is 150 Å². The molecule has 1 fully saturated rings. The van der Waals surface area contributed by atoms with Crippen molar-refractivity contribution in [3.8, 4) is 5.75 Å². The molecule has 4 rings (SSSR count). The zero-order valence-corrected chi connectivity index (χ0v) is 14.6. The SMILES string of the molecule is COc1ccc([C@@H]2CCN(C(=O)Cn3c(=O)oc4ccccc43)C2)cc1. The Hall–Kier alpha value is -3.02. The van der Waals surface area contributed by atoms with Gasteiger partial charge in [-0.1, -0.05) is 24.3 Å². The number of amides is 1. The predicted octanol–water partition coefficient (Wildman–Crippen LogP) is 2.62. The van der Waals surface area contributed by atoms with Crippen LogP contribution in [0.2, 0.25) is 0 Å². The van der Waals surface area contributed by atoms with Crippen LogP contribution in [0.3, 0.4) is 0 Å². The molecule has 134 valence electrons. The molecule has 1 aliphatic rings. The van der Waals surface area contributed by atoms with E-state index in [2.05, 4.69) is 0 Å². The van der Waals surface area contributed by atoms with Crippen molar-refractivity contribution < 1.29 is 13.9 Å². The first-order valence-corrected chi connectivity index (χ1v) is 8.66. The second kappa shape index (κ2) is 6.71. The molecule has 1 atom stereocenters. The largest absolute Gasteiger partial charge is 0.497 e. The van der Waals surface area contributed by atoms with E-state index < -0.39 is 5.76 Å². The lowest BCUT2D eigenvalue weighted by molar-refractivity contribution is -0.130. The number of likely N-dealkylation sites (tertiary alicyclic amines) is 1. The number of fused-ring (bicyclic) bond motifs is 1. The van der Waals surface area contributed by atoms with Crippen LogP contribution in [0, 0.1) is 0 Å². The highest BCUT2D eigenvalue weighted by Gasteiger charge is 2.28. The maximum atomic E-state index is 12.7. The molecule has 2 heterocycles. The second-order valence-electron chi connectivity index (χ2n) is 6.52. The van der Waals surface area contributed by atoms with Gasteiger partial charge in [0.1, 0.15) is 12.3 Å². The molecule has 0 N–H and O–H groups in total. The van der Waals surface area contributed by atoms with Crippen LogP contribution in [0.4, 0.5) is 0 Å². The van der Waals surface area contributed by atoms with Crippen LogP contribution in [0.1, 0.15) is 17.9 Å². The predicted molar refractivity (Wildman–Crippen MR) is 97.4 cm³/mol. The van der Waals surface area contributed by atoms with Crippen LogP contribution >= 0.6 is 0 Å². The Bertz CT molecular complexity index is 987. The molecule has 0 saturated carbocycles. The molecule has 0 bridgehead atoms. The number of carbonyl (C=O) groups excluding carboxylic acids is 1. The average molecular weight is 352 g/mol. The van der Waals surface area contributed by atoms with E-state index in [1.807, 2.05) is 35.2 Å². The molecular weight excluding hydrogens is 332 g/mol. The van der Waals surface area contributed by atoms with Gasteiger partial charge in [0.2, 0.25) is 5.91 Å². The van der Waals surface area contributed by atoms with Crippen LogP contribution in [0.25, 0.3) is 11.1 Å². The third-order valence-electron chi connectivity index (χ3n) is 5.00. The summed E-state index contributed by atoms with van der Waals surface area (Å²) in [6, 6.07) is 15.1. The summed E-state index contributed by atoms with van der Waals surface area (Å²) in [5, 5.41) is 0. The Balaban J connectivity index is 1.47. The number of nitrogens with zero attached hydrogens (tertiary/aromatic N) is 2. The highest BCUT2D eigenvalue weighted by atomic mass is 16.5. The van der Waals surface area contributed by atoms with E-state index in [9.17, 15) is 9.59 Å². The molecule has 3 aromatic rings. The summed E-state index contributed by atoms with van der Waals surface area (Å²) >= 11 is 0. The molecule has 6 nitrogen and oxygen atoms in total. The lowest BCUT2D eigenvalue weighted by Crippen LogP contribution is -2.34. The first kappa shape index (κ1) is 16.4. The Morgan fingerprint density at radius 2 is 1.96 bits per heavy atom. The third kappa shape index (κ3) is 2.98. The van der Waals surface area contributed by atoms with Crippen molar-refractivity contribution in [3.63, 3.8) is 0 Å². The number of para-hydroxylation sites is 2. The van der Waals surface area contributed by atoms with E-state index in [0.29, 0.717) is 30.1 Å². The summed E-state index contributed by atoms with van der Waals surface area (Å²) in [5.74, 6) is 0.577. The van der Waals surface area contributed by atoms with Gasteiger partial charge in [-0.05, 0) is 36.2 Å². The minimum Gasteiger partial charge on any atom is -0.497 e. The van der Waals surface area contributed by atoms with Crippen molar-refractivity contribution in [2.24, 2.45) is 0 Å². The third-order valence-corrected chi connectivity index (χ3v) is 5.00. The van der Waals surface area contributed by atoms with Crippen molar-refractivity contribution in [1.29, 1.82) is 0 Å². The van der Waals surface area contributed by atoms with Crippen LogP contribution in [-0.4, -0.2) is 35.6 Å². The number of aromatic nitrogens is 1. The molecule has 6 heteroatoms. The molecule has 1 saturated heterocycles. The molecule has 0 unspecified atom stereocenters. The zero-order chi connectivity index (χ0) is 18.1. The van der Waals surface area contributed by atoms with Crippen molar-refractivity contribution >= 4 is 17.0 Å². The number of rotatable bonds is 4. The van der Waals surface area contributed by atoms with Crippen LogP contribution < -0.4 is 10.5 Å². The maximum Gasteiger partial charge on any atom is 0.420 e. The van der Waals surface area contributed by atoms with Crippen LogP contribution in [0.15, 0.2) is 57.7 Å². The summed E-state index contributed by atoms with van der Waals surface area (Å²) in [6.07, 6.45) is 0.916. The Kier molecular flexibility index (Phi) is 4.24. The highest BCUT2D eigenvalue weighted by Crippen LogP contribution is 2.28. The van der Waals surface area contributed by atoms with Crippen molar-refractivity contribution in [2.45, 2.75) is 18.9 Å². The van der Waals surface area contributed by atoms with E-state index in [-0.39, 0.29) is 12.5 Å². The van der Waals surface area contributed by atoms with E-state index in [0.717, 1.165) is 12.2 Å². The molecule has 26 heavy (non-hydrogen) atoms. The first-order chi connectivity index (χ1) is 12.7. The Morgan fingerprint density at radius 3 is 2.73 bits per heavy atom. The zero-order valence-electron chi connectivity index (χ0n) is 14.6. The van der Waals surface area contributed by atoms with Gasteiger partial charge in [0.05, 0.1) is 12.6 Å². The van der Waals surface area contributed by atoms with Crippen molar-refractivity contribution in [3.05, 3.63) is 64.6 Å². The summed E-state index contributed by atoms with van der Waals surface area (Å²) < 4.78 is 11.8. The number of methoxy groups -OCH3 is 1. The van der Waals surface area contributed by atoms with Crippen molar-refractivity contribution in [2.75, 3.05) is 20.2 Å². The molecule has 1 aromatic heterocycles. The standard InChI is InChI=1S/C20H20N2O4/c1-25-16-8-6-14(7-9-16)15-10-11-21(12-15)19(23)13-22-17-4-2-3-5-18(17)26-20(22)24/h2-9,15H,10-13H2,1H3/t15-/m1/s1. The molecule has 0 radical (unpaired) electrons. The van der Waals surface area contributed by atoms with E-state index in [4.69, 9.17) is 9.15 Å². The Morgan fingerprint density at radius 1 is 1.19 bits per heavy atom. The van der Waals surface area contributed by atoms with Gasteiger partial charge >= 0.3 is 5.76 Å². The number of ether oxygens (including phenoxy) is 1. The van der Waals surface area contributed by atoms with Gasteiger partial charge in [0.25, 0.3) is 0 Å². The van der Waals surface area contributed by atoms with Crippen LogP contribution in [-0.2, 0) is 11.3 Å². The monoisotopic (exact) mass is 352 g/mol. The lowest BCUT2D eigenvalue weighted by Gasteiger charge is -2.17. The lowest BCUT2D eigenvalue weighted by atomic mass is 9.98. The first-order valence-electron chi connectivity index (χ1n) is 8.66.